The Balaban J connectivity index is 1.42. The molecule has 1 saturated heterocycles. The van der Waals surface area contributed by atoms with E-state index in [-0.39, 0.29) is 30.4 Å². The van der Waals surface area contributed by atoms with Gasteiger partial charge in [0, 0.05) is 56.9 Å². The van der Waals surface area contributed by atoms with Gasteiger partial charge in [0.25, 0.3) is 0 Å². The standard InChI is InChI=1S/C29H33F3N6O2/c1-28(2)25-18(6-5-7-23(25)37(3)26(28)39)8-10-21-20(29(30,31)32)17-34-27(35-21)36-22-11-9-19(16-24(22)40-4)38-14-12-33-13-15-38/h5-7,9,11,16-17,33H,8,10,12-15H2,1-4H3,(H,34,35,36). The van der Waals surface area contributed by atoms with Crippen LogP contribution in [-0.4, -0.2) is 56.2 Å². The van der Waals surface area contributed by atoms with Crippen LogP contribution in [0, 0.1) is 0 Å². The Morgan fingerprint density at radius 2 is 1.88 bits per heavy atom. The number of hydrogen-bond donors (Lipinski definition) is 2. The van der Waals surface area contributed by atoms with Crippen molar-refractivity contribution in [1.29, 1.82) is 0 Å². The van der Waals surface area contributed by atoms with Gasteiger partial charge in [0.05, 0.1) is 29.5 Å². The normalized spacial score (nSPS) is 16.7. The van der Waals surface area contributed by atoms with Crippen LogP contribution in [0.15, 0.2) is 42.6 Å². The largest absolute Gasteiger partial charge is 0.494 e. The first-order valence-corrected chi connectivity index (χ1v) is 13.2. The van der Waals surface area contributed by atoms with Crippen molar-refractivity contribution < 1.29 is 22.7 Å². The number of carbonyl (C=O) groups excluding carboxylic acids is 1. The molecule has 0 atom stereocenters. The minimum atomic E-state index is -4.61. The Bertz CT molecular complexity index is 1420. The fraction of sp³-hybridized carbons (Fsp3) is 0.414. The smallest absolute Gasteiger partial charge is 0.419 e. The second kappa shape index (κ2) is 10.6. The topological polar surface area (TPSA) is 82.6 Å². The number of nitrogens with one attached hydrogen (secondary N) is 2. The van der Waals surface area contributed by atoms with Crippen LogP contribution >= 0.6 is 0 Å². The van der Waals surface area contributed by atoms with Crippen molar-refractivity contribution in [2.45, 2.75) is 38.3 Å². The van der Waals surface area contributed by atoms with Crippen molar-refractivity contribution in [3.63, 3.8) is 0 Å². The molecule has 1 aromatic heterocycles. The van der Waals surface area contributed by atoms with Gasteiger partial charge in [-0.3, -0.25) is 4.79 Å². The number of benzene rings is 2. The molecule has 0 bridgehead atoms. The Kier molecular flexibility index (Phi) is 7.34. The van der Waals surface area contributed by atoms with Crippen LogP contribution in [0.2, 0.25) is 0 Å². The summed E-state index contributed by atoms with van der Waals surface area (Å²) in [5.74, 6) is 0.540. The molecule has 2 aliphatic rings. The third kappa shape index (κ3) is 5.17. The van der Waals surface area contributed by atoms with Crippen LogP contribution in [0.5, 0.6) is 5.75 Å². The van der Waals surface area contributed by atoms with Gasteiger partial charge >= 0.3 is 6.18 Å². The summed E-state index contributed by atoms with van der Waals surface area (Å²) in [5.41, 5.74) is 2.25. The number of alkyl halides is 3. The number of fused-ring (bicyclic) bond motifs is 1. The number of carbonyl (C=O) groups is 1. The molecule has 0 spiro atoms. The number of halogens is 3. The number of amides is 1. The van der Waals surface area contributed by atoms with Crippen molar-refractivity contribution in [1.82, 2.24) is 15.3 Å². The first-order valence-electron chi connectivity index (χ1n) is 13.2. The Morgan fingerprint density at radius 1 is 1.12 bits per heavy atom. The lowest BCUT2D eigenvalue weighted by atomic mass is 9.82. The van der Waals surface area contributed by atoms with Crippen LogP contribution < -0.4 is 25.2 Å². The molecule has 0 unspecified atom stereocenters. The third-order valence-electron chi connectivity index (χ3n) is 7.67. The molecule has 8 nitrogen and oxygen atoms in total. The molecule has 1 amide bonds. The maximum Gasteiger partial charge on any atom is 0.419 e. The van der Waals surface area contributed by atoms with E-state index in [0.29, 0.717) is 11.4 Å². The first-order chi connectivity index (χ1) is 19.0. The second-order valence-corrected chi connectivity index (χ2v) is 10.6. The summed E-state index contributed by atoms with van der Waals surface area (Å²) in [6, 6.07) is 11.2. The van der Waals surface area contributed by atoms with Crippen molar-refractivity contribution in [3.8, 4) is 5.75 Å². The SMILES string of the molecule is COc1cc(N2CCNCC2)ccc1Nc1ncc(C(F)(F)F)c(CCc2cccc3c2C(C)(C)C(=O)N3C)n1. The maximum absolute atomic E-state index is 13.9. The average molecular weight is 555 g/mol. The average Bonchev–Trinajstić information content (AvgIpc) is 3.12. The van der Waals surface area contributed by atoms with Crippen LogP contribution in [0.3, 0.4) is 0 Å². The quantitative estimate of drug-likeness (QED) is 0.438. The number of likely N-dealkylation sites (N-methyl/N-ethyl adjacent to an activating group) is 1. The number of nitrogens with zero attached hydrogens (tertiary/aromatic N) is 4. The molecule has 0 radical (unpaired) electrons. The Hall–Kier alpha value is -3.86. The summed E-state index contributed by atoms with van der Waals surface area (Å²) in [6.07, 6.45) is -3.47. The fourth-order valence-corrected chi connectivity index (χ4v) is 5.61. The lowest BCUT2D eigenvalue weighted by molar-refractivity contribution is -0.138. The van der Waals surface area contributed by atoms with Crippen LogP contribution in [0.4, 0.5) is 36.2 Å². The van der Waals surface area contributed by atoms with E-state index >= 15 is 0 Å². The first kappa shape index (κ1) is 27.7. The zero-order chi connectivity index (χ0) is 28.7. The third-order valence-corrected chi connectivity index (χ3v) is 7.67. The van der Waals surface area contributed by atoms with E-state index in [1.807, 2.05) is 50.2 Å². The van der Waals surface area contributed by atoms with E-state index in [1.165, 1.54) is 0 Å². The molecule has 3 aromatic rings. The van der Waals surface area contributed by atoms with Crippen molar-refractivity contribution in [2.24, 2.45) is 0 Å². The molecule has 2 aromatic carbocycles. The molecule has 0 saturated carbocycles. The molecular weight excluding hydrogens is 521 g/mol. The summed E-state index contributed by atoms with van der Waals surface area (Å²) < 4.78 is 47.4. The van der Waals surface area contributed by atoms with Gasteiger partial charge in [-0.25, -0.2) is 9.97 Å². The minimum Gasteiger partial charge on any atom is -0.494 e. The summed E-state index contributed by atoms with van der Waals surface area (Å²) in [5, 5.41) is 6.36. The lowest BCUT2D eigenvalue weighted by Crippen LogP contribution is -2.43. The van der Waals surface area contributed by atoms with E-state index in [2.05, 4.69) is 25.5 Å². The molecule has 2 N–H and O–H groups in total. The molecule has 40 heavy (non-hydrogen) atoms. The number of aryl methyl sites for hydroxylation is 2. The summed E-state index contributed by atoms with van der Waals surface area (Å²) in [6.45, 7) is 7.20. The van der Waals surface area contributed by atoms with Crippen LogP contribution in [-0.2, 0) is 29.2 Å². The van der Waals surface area contributed by atoms with E-state index in [9.17, 15) is 18.0 Å². The second-order valence-electron chi connectivity index (χ2n) is 10.6. The predicted molar refractivity (Wildman–Crippen MR) is 149 cm³/mol. The van der Waals surface area contributed by atoms with Gasteiger partial charge in [0.15, 0.2) is 0 Å². The molecule has 0 aliphatic carbocycles. The van der Waals surface area contributed by atoms with Crippen molar-refractivity contribution in [2.75, 3.05) is 55.5 Å². The molecule has 212 valence electrons. The zero-order valence-corrected chi connectivity index (χ0v) is 23.0. The number of anilines is 4. The predicted octanol–water partition coefficient (Wildman–Crippen LogP) is 4.70. The van der Waals surface area contributed by atoms with Gasteiger partial charge in [-0.2, -0.15) is 13.2 Å². The van der Waals surface area contributed by atoms with Gasteiger partial charge < -0.3 is 25.2 Å². The summed E-state index contributed by atoms with van der Waals surface area (Å²) in [4.78, 5) is 24.9. The molecule has 2 aliphatic heterocycles. The molecule has 1 fully saturated rings. The molecule has 11 heteroatoms. The van der Waals surface area contributed by atoms with Gasteiger partial charge in [-0.1, -0.05) is 12.1 Å². The van der Waals surface area contributed by atoms with Crippen molar-refractivity contribution >= 4 is 28.9 Å². The number of ether oxygens (including phenoxy) is 1. The minimum absolute atomic E-state index is 0.0234. The Morgan fingerprint density at radius 3 is 2.58 bits per heavy atom. The lowest BCUT2D eigenvalue weighted by Gasteiger charge is -2.30. The van der Waals surface area contributed by atoms with Gasteiger partial charge in [0.1, 0.15) is 5.75 Å². The number of hydrogen-bond acceptors (Lipinski definition) is 7. The number of aromatic nitrogens is 2. The number of rotatable bonds is 7. The van der Waals surface area contributed by atoms with Crippen LogP contribution in [0.1, 0.15) is 36.2 Å². The highest BCUT2D eigenvalue weighted by molar-refractivity contribution is 6.07. The summed E-state index contributed by atoms with van der Waals surface area (Å²) in [7, 11) is 3.26. The highest BCUT2D eigenvalue weighted by Crippen LogP contribution is 2.43. The van der Waals surface area contributed by atoms with E-state index < -0.39 is 17.2 Å². The molecule has 5 rings (SSSR count). The Labute approximate surface area is 231 Å². The zero-order valence-electron chi connectivity index (χ0n) is 23.0. The fourth-order valence-electron chi connectivity index (χ4n) is 5.61. The van der Waals surface area contributed by atoms with Crippen LogP contribution in [0.25, 0.3) is 0 Å². The highest BCUT2D eigenvalue weighted by atomic mass is 19.4. The summed E-state index contributed by atoms with van der Waals surface area (Å²) >= 11 is 0. The van der Waals surface area contributed by atoms with E-state index in [1.54, 1.807) is 19.1 Å². The number of piperazine rings is 1. The van der Waals surface area contributed by atoms with Gasteiger partial charge in [-0.05, 0) is 56.0 Å². The maximum atomic E-state index is 13.9. The van der Waals surface area contributed by atoms with E-state index in [4.69, 9.17) is 4.74 Å². The monoisotopic (exact) mass is 554 g/mol. The number of methoxy groups -OCH3 is 1. The molecular formula is C29H33F3N6O2. The van der Waals surface area contributed by atoms with E-state index in [0.717, 1.165) is 54.9 Å². The van der Waals surface area contributed by atoms with Gasteiger partial charge in [-0.15, -0.1) is 0 Å². The van der Waals surface area contributed by atoms with Crippen molar-refractivity contribution in [3.05, 3.63) is 65.0 Å². The highest BCUT2D eigenvalue weighted by Gasteiger charge is 2.43. The molecule has 3 heterocycles. The van der Waals surface area contributed by atoms with Gasteiger partial charge in [0.2, 0.25) is 11.9 Å².